The van der Waals surface area contributed by atoms with Crippen LogP contribution in [-0.4, -0.2) is 31.8 Å². The monoisotopic (exact) mass is 252 g/mol. The first kappa shape index (κ1) is 11.3. The van der Waals surface area contributed by atoms with Crippen molar-refractivity contribution in [1.82, 2.24) is 19.7 Å². The number of rotatable bonds is 4. The zero-order chi connectivity index (χ0) is 11.4. The first-order valence-corrected chi connectivity index (χ1v) is 6.67. The molecule has 0 bridgehead atoms. The second kappa shape index (κ2) is 5.27. The Kier molecular flexibility index (Phi) is 3.74. The standard InChI is InChI=1S/C10H12N4S2/c1-16-6-5-14-9(12-13-10(14)15)8-3-2-4-11-7-8/h2-4,7H,5-6H2,1H3,(H,13,15). The first-order valence-electron chi connectivity index (χ1n) is 4.87. The van der Waals surface area contributed by atoms with Crippen molar-refractivity contribution in [1.29, 1.82) is 0 Å². The lowest BCUT2D eigenvalue weighted by molar-refractivity contribution is 0.764. The number of aromatic amines is 1. The fourth-order valence-corrected chi connectivity index (χ4v) is 2.01. The summed E-state index contributed by atoms with van der Waals surface area (Å²) in [7, 11) is 0. The van der Waals surface area contributed by atoms with Crippen LogP contribution in [0.25, 0.3) is 11.4 Å². The fraction of sp³-hybridized carbons (Fsp3) is 0.300. The normalized spacial score (nSPS) is 10.6. The van der Waals surface area contributed by atoms with Gasteiger partial charge in [0.15, 0.2) is 10.6 Å². The quantitative estimate of drug-likeness (QED) is 0.849. The minimum absolute atomic E-state index is 0.660. The van der Waals surface area contributed by atoms with Gasteiger partial charge in [0.2, 0.25) is 0 Å². The van der Waals surface area contributed by atoms with Crippen LogP contribution in [0.5, 0.6) is 0 Å². The van der Waals surface area contributed by atoms with Gasteiger partial charge in [-0.2, -0.15) is 16.9 Å². The average Bonchev–Trinajstić information content (AvgIpc) is 2.69. The average molecular weight is 252 g/mol. The third-order valence-electron chi connectivity index (χ3n) is 2.20. The molecule has 0 aliphatic carbocycles. The maximum atomic E-state index is 5.20. The molecule has 2 rings (SSSR count). The summed E-state index contributed by atoms with van der Waals surface area (Å²) in [5.74, 6) is 1.87. The van der Waals surface area contributed by atoms with Gasteiger partial charge in [-0.25, -0.2) is 0 Å². The van der Waals surface area contributed by atoms with Gasteiger partial charge >= 0.3 is 0 Å². The van der Waals surface area contributed by atoms with E-state index in [4.69, 9.17) is 12.2 Å². The second-order valence-corrected chi connectivity index (χ2v) is 4.61. The molecule has 0 saturated carbocycles. The van der Waals surface area contributed by atoms with Crippen LogP contribution in [-0.2, 0) is 6.54 Å². The number of nitrogens with zero attached hydrogens (tertiary/aromatic N) is 3. The molecule has 6 heteroatoms. The van der Waals surface area contributed by atoms with Crippen molar-refractivity contribution in [3.63, 3.8) is 0 Å². The molecule has 0 amide bonds. The van der Waals surface area contributed by atoms with E-state index in [-0.39, 0.29) is 0 Å². The number of aromatic nitrogens is 4. The summed E-state index contributed by atoms with van der Waals surface area (Å²) in [5, 5.41) is 7.06. The molecule has 0 saturated heterocycles. The third kappa shape index (κ3) is 2.33. The molecule has 0 aromatic carbocycles. The predicted molar refractivity (Wildman–Crippen MR) is 69.0 cm³/mol. The van der Waals surface area contributed by atoms with Gasteiger partial charge in [-0.1, -0.05) is 0 Å². The molecule has 1 N–H and O–H groups in total. The lowest BCUT2D eigenvalue weighted by atomic mass is 10.3. The topological polar surface area (TPSA) is 46.5 Å². The van der Waals surface area contributed by atoms with Gasteiger partial charge in [0.05, 0.1) is 0 Å². The highest BCUT2D eigenvalue weighted by Crippen LogP contribution is 2.15. The predicted octanol–water partition coefficient (Wildman–Crippen LogP) is 2.37. The van der Waals surface area contributed by atoms with Crippen LogP contribution in [0.1, 0.15) is 0 Å². The van der Waals surface area contributed by atoms with Gasteiger partial charge in [0.25, 0.3) is 0 Å². The summed E-state index contributed by atoms with van der Waals surface area (Å²) in [6.45, 7) is 0.862. The lowest BCUT2D eigenvalue weighted by Crippen LogP contribution is -2.03. The highest BCUT2D eigenvalue weighted by molar-refractivity contribution is 7.98. The molecule has 0 fully saturated rings. The summed E-state index contributed by atoms with van der Waals surface area (Å²) < 4.78 is 2.66. The van der Waals surface area contributed by atoms with Crippen molar-refractivity contribution in [2.24, 2.45) is 0 Å². The summed E-state index contributed by atoms with van der Waals surface area (Å²) in [4.78, 5) is 4.09. The second-order valence-electron chi connectivity index (χ2n) is 3.24. The van der Waals surface area contributed by atoms with Crippen molar-refractivity contribution >= 4 is 24.0 Å². The Labute approximate surface area is 103 Å². The Morgan fingerprint density at radius 2 is 2.44 bits per heavy atom. The molecule has 0 spiro atoms. The number of pyridine rings is 1. The smallest absolute Gasteiger partial charge is 0.195 e. The Balaban J connectivity index is 2.38. The van der Waals surface area contributed by atoms with Crippen molar-refractivity contribution in [2.45, 2.75) is 6.54 Å². The van der Waals surface area contributed by atoms with Gasteiger partial charge < -0.3 is 0 Å². The zero-order valence-corrected chi connectivity index (χ0v) is 10.5. The van der Waals surface area contributed by atoms with E-state index < -0.39 is 0 Å². The Morgan fingerprint density at radius 3 is 3.12 bits per heavy atom. The molecule has 2 aromatic heterocycles. The molecule has 0 radical (unpaired) electrons. The molecule has 84 valence electrons. The molecule has 0 aliphatic heterocycles. The van der Waals surface area contributed by atoms with Crippen molar-refractivity contribution < 1.29 is 0 Å². The molecule has 0 atom stereocenters. The maximum Gasteiger partial charge on any atom is 0.195 e. The number of thioether (sulfide) groups is 1. The van der Waals surface area contributed by atoms with Crippen molar-refractivity contribution in [3.05, 3.63) is 29.3 Å². The van der Waals surface area contributed by atoms with E-state index in [0.29, 0.717) is 4.77 Å². The largest absolute Gasteiger partial charge is 0.299 e. The summed E-state index contributed by atoms with van der Waals surface area (Å²) >= 11 is 6.99. The van der Waals surface area contributed by atoms with Crippen molar-refractivity contribution in [3.8, 4) is 11.4 Å². The Bertz CT molecular complexity index is 503. The summed E-state index contributed by atoms with van der Waals surface area (Å²) in [5.41, 5.74) is 0.982. The molecule has 0 aliphatic rings. The van der Waals surface area contributed by atoms with Gasteiger partial charge in [-0.15, -0.1) is 0 Å². The molecule has 2 heterocycles. The van der Waals surface area contributed by atoms with Crippen LogP contribution in [0.3, 0.4) is 0 Å². The van der Waals surface area contributed by atoms with E-state index >= 15 is 0 Å². The lowest BCUT2D eigenvalue weighted by Gasteiger charge is -2.04. The van der Waals surface area contributed by atoms with E-state index in [1.165, 1.54) is 0 Å². The molecular weight excluding hydrogens is 240 g/mol. The molecule has 4 nitrogen and oxygen atoms in total. The van der Waals surface area contributed by atoms with Gasteiger partial charge in [0.1, 0.15) is 0 Å². The van der Waals surface area contributed by atoms with E-state index in [9.17, 15) is 0 Å². The summed E-state index contributed by atoms with van der Waals surface area (Å²) in [6.07, 6.45) is 5.62. The third-order valence-corrected chi connectivity index (χ3v) is 3.10. The highest BCUT2D eigenvalue weighted by atomic mass is 32.2. The number of nitrogens with one attached hydrogen (secondary N) is 1. The number of hydrogen-bond donors (Lipinski definition) is 1. The highest BCUT2D eigenvalue weighted by Gasteiger charge is 2.07. The minimum Gasteiger partial charge on any atom is -0.299 e. The van der Waals surface area contributed by atoms with E-state index in [2.05, 4.69) is 21.4 Å². The minimum atomic E-state index is 0.660. The van der Waals surface area contributed by atoms with E-state index in [1.54, 1.807) is 24.2 Å². The van der Waals surface area contributed by atoms with Crippen molar-refractivity contribution in [2.75, 3.05) is 12.0 Å². The maximum absolute atomic E-state index is 5.20. The number of hydrogen-bond acceptors (Lipinski definition) is 4. The molecule has 16 heavy (non-hydrogen) atoms. The first-order chi connectivity index (χ1) is 7.83. The van der Waals surface area contributed by atoms with Crippen LogP contribution >= 0.6 is 24.0 Å². The van der Waals surface area contributed by atoms with E-state index in [1.807, 2.05) is 16.7 Å². The van der Waals surface area contributed by atoms with Crippen LogP contribution in [0.15, 0.2) is 24.5 Å². The molecule has 2 aromatic rings. The Hall–Kier alpha value is -1.14. The van der Waals surface area contributed by atoms with Gasteiger partial charge in [-0.05, 0) is 30.6 Å². The SMILES string of the molecule is CSCCn1c(-c2cccnc2)n[nH]c1=S. The number of H-pyrrole nitrogens is 1. The Morgan fingerprint density at radius 1 is 1.56 bits per heavy atom. The summed E-state index contributed by atoms with van der Waals surface area (Å²) in [6, 6.07) is 3.87. The van der Waals surface area contributed by atoms with Crippen LogP contribution in [0.2, 0.25) is 0 Å². The van der Waals surface area contributed by atoms with E-state index in [0.717, 1.165) is 23.7 Å². The zero-order valence-electron chi connectivity index (χ0n) is 8.88. The van der Waals surface area contributed by atoms with Gasteiger partial charge in [0, 0.05) is 30.3 Å². The van der Waals surface area contributed by atoms with Crippen LogP contribution < -0.4 is 0 Å². The molecular formula is C10H12N4S2. The van der Waals surface area contributed by atoms with Crippen LogP contribution in [0.4, 0.5) is 0 Å². The molecule has 0 unspecified atom stereocenters. The van der Waals surface area contributed by atoms with Crippen LogP contribution in [0, 0.1) is 4.77 Å². The fourth-order valence-electron chi connectivity index (χ4n) is 1.42. The van der Waals surface area contributed by atoms with Gasteiger partial charge in [-0.3, -0.25) is 14.6 Å².